The molecule has 1 N–H and O–H groups in total. The van der Waals surface area contributed by atoms with Gasteiger partial charge in [-0.25, -0.2) is 5.01 Å². The van der Waals surface area contributed by atoms with E-state index in [1.807, 2.05) is 18.2 Å². The van der Waals surface area contributed by atoms with Crippen LogP contribution in [0.5, 0.6) is 0 Å². The van der Waals surface area contributed by atoms with Crippen LogP contribution in [-0.2, 0) is 4.74 Å². The molecule has 1 fully saturated rings. The molecule has 2 rings (SSSR count). The molecule has 1 heterocycles. The number of nitriles is 1. The fraction of sp³-hybridized carbons (Fsp3) is 0.364. The monoisotopic (exact) mass is 203 g/mol. The highest BCUT2D eigenvalue weighted by molar-refractivity contribution is 5.48. The van der Waals surface area contributed by atoms with E-state index >= 15 is 0 Å². The summed E-state index contributed by atoms with van der Waals surface area (Å²) in [6.45, 7) is 3.25. The lowest BCUT2D eigenvalue weighted by atomic mass is 10.2. The van der Waals surface area contributed by atoms with Gasteiger partial charge in [-0.05, 0) is 18.2 Å². The quantitative estimate of drug-likeness (QED) is 0.785. The van der Waals surface area contributed by atoms with Crippen LogP contribution >= 0.6 is 0 Å². The van der Waals surface area contributed by atoms with Gasteiger partial charge in [0.1, 0.15) is 0 Å². The van der Waals surface area contributed by atoms with Crippen LogP contribution < -0.4 is 5.43 Å². The van der Waals surface area contributed by atoms with E-state index in [0.29, 0.717) is 5.56 Å². The van der Waals surface area contributed by atoms with E-state index in [9.17, 15) is 0 Å². The summed E-state index contributed by atoms with van der Waals surface area (Å²) < 4.78 is 5.25. The van der Waals surface area contributed by atoms with Gasteiger partial charge in [0.2, 0.25) is 0 Å². The first-order chi connectivity index (χ1) is 7.38. The first-order valence-electron chi connectivity index (χ1n) is 4.98. The number of hydrazine groups is 1. The standard InChI is InChI=1S/C11H13N3O/c12-9-10-2-1-3-11(8-10)13-14-4-6-15-7-5-14/h1-3,8,13H,4-7H2. The van der Waals surface area contributed by atoms with Crippen molar-refractivity contribution in [2.45, 2.75) is 0 Å². The minimum Gasteiger partial charge on any atom is -0.379 e. The molecular formula is C11H13N3O. The first kappa shape index (κ1) is 9.97. The smallest absolute Gasteiger partial charge is 0.0992 e. The van der Waals surface area contributed by atoms with Crippen molar-refractivity contribution < 1.29 is 4.74 Å². The third-order valence-corrected chi connectivity index (χ3v) is 2.29. The van der Waals surface area contributed by atoms with Gasteiger partial charge in [0.05, 0.1) is 30.5 Å². The molecule has 0 radical (unpaired) electrons. The minimum atomic E-state index is 0.674. The van der Waals surface area contributed by atoms with Gasteiger partial charge in [-0.2, -0.15) is 5.26 Å². The predicted octanol–water partition coefficient (Wildman–Crippen LogP) is 1.22. The van der Waals surface area contributed by atoms with Gasteiger partial charge in [-0.3, -0.25) is 0 Å². The summed E-state index contributed by atoms with van der Waals surface area (Å²) in [5.41, 5.74) is 4.89. The molecule has 15 heavy (non-hydrogen) atoms. The summed E-state index contributed by atoms with van der Waals surface area (Å²) in [4.78, 5) is 0. The van der Waals surface area contributed by atoms with E-state index in [4.69, 9.17) is 10.00 Å². The number of nitrogens with one attached hydrogen (secondary N) is 1. The molecule has 0 spiro atoms. The lowest BCUT2D eigenvalue weighted by molar-refractivity contribution is 0.0497. The Balaban J connectivity index is 2.00. The van der Waals surface area contributed by atoms with Crippen LogP contribution in [0.25, 0.3) is 0 Å². The highest BCUT2D eigenvalue weighted by Crippen LogP contribution is 2.11. The summed E-state index contributed by atoms with van der Waals surface area (Å²) in [6.07, 6.45) is 0. The van der Waals surface area contributed by atoms with E-state index in [1.165, 1.54) is 0 Å². The van der Waals surface area contributed by atoms with Crippen LogP contribution in [0.2, 0.25) is 0 Å². The van der Waals surface area contributed by atoms with Crippen LogP contribution in [0.1, 0.15) is 5.56 Å². The Morgan fingerprint density at radius 2 is 2.13 bits per heavy atom. The maximum atomic E-state index is 8.76. The lowest BCUT2D eigenvalue weighted by Crippen LogP contribution is -2.40. The number of hydrogen-bond donors (Lipinski definition) is 1. The van der Waals surface area contributed by atoms with Gasteiger partial charge >= 0.3 is 0 Å². The van der Waals surface area contributed by atoms with Gasteiger partial charge in [0, 0.05) is 13.1 Å². The molecule has 1 aliphatic rings. The molecule has 0 aromatic heterocycles. The molecule has 0 bridgehead atoms. The molecule has 4 nitrogen and oxygen atoms in total. The maximum absolute atomic E-state index is 8.76. The average molecular weight is 203 g/mol. The number of morpholine rings is 1. The van der Waals surface area contributed by atoms with Crippen molar-refractivity contribution in [1.29, 1.82) is 5.26 Å². The Kier molecular flexibility index (Phi) is 3.18. The van der Waals surface area contributed by atoms with Crippen molar-refractivity contribution in [2.75, 3.05) is 31.7 Å². The molecule has 0 amide bonds. The van der Waals surface area contributed by atoms with Crippen LogP contribution in [0.4, 0.5) is 5.69 Å². The summed E-state index contributed by atoms with van der Waals surface area (Å²) >= 11 is 0. The highest BCUT2D eigenvalue weighted by Gasteiger charge is 2.09. The van der Waals surface area contributed by atoms with Crippen molar-refractivity contribution in [3.8, 4) is 6.07 Å². The van der Waals surface area contributed by atoms with Crippen LogP contribution in [0.15, 0.2) is 24.3 Å². The normalized spacial score (nSPS) is 17.0. The zero-order valence-corrected chi connectivity index (χ0v) is 8.44. The molecule has 1 aliphatic heterocycles. The predicted molar refractivity (Wildman–Crippen MR) is 57.2 cm³/mol. The van der Waals surface area contributed by atoms with E-state index in [1.54, 1.807) is 6.07 Å². The molecular weight excluding hydrogens is 190 g/mol. The number of hydrogen-bond acceptors (Lipinski definition) is 4. The molecule has 0 aliphatic carbocycles. The second-order valence-electron chi connectivity index (χ2n) is 3.40. The topological polar surface area (TPSA) is 48.3 Å². The highest BCUT2D eigenvalue weighted by atomic mass is 16.5. The zero-order chi connectivity index (χ0) is 10.5. The number of benzene rings is 1. The Labute approximate surface area is 89.0 Å². The zero-order valence-electron chi connectivity index (χ0n) is 8.44. The van der Waals surface area contributed by atoms with E-state index in [2.05, 4.69) is 16.5 Å². The van der Waals surface area contributed by atoms with Crippen LogP contribution in [-0.4, -0.2) is 31.3 Å². The summed E-state index contributed by atoms with van der Waals surface area (Å²) in [5, 5.41) is 10.9. The van der Waals surface area contributed by atoms with Crippen molar-refractivity contribution in [2.24, 2.45) is 0 Å². The third kappa shape index (κ3) is 2.69. The summed E-state index contributed by atoms with van der Waals surface area (Å²) in [6, 6.07) is 9.59. The summed E-state index contributed by atoms with van der Waals surface area (Å²) in [5.74, 6) is 0. The molecule has 1 aromatic rings. The van der Waals surface area contributed by atoms with Crippen molar-refractivity contribution in [3.05, 3.63) is 29.8 Å². The van der Waals surface area contributed by atoms with Gasteiger partial charge in [0.25, 0.3) is 0 Å². The van der Waals surface area contributed by atoms with Crippen LogP contribution in [0.3, 0.4) is 0 Å². The fourth-order valence-electron chi connectivity index (χ4n) is 1.52. The maximum Gasteiger partial charge on any atom is 0.0992 e. The number of anilines is 1. The first-order valence-corrected chi connectivity index (χ1v) is 4.98. The number of nitrogens with zero attached hydrogens (tertiary/aromatic N) is 2. The third-order valence-electron chi connectivity index (χ3n) is 2.29. The Bertz CT molecular complexity index is 366. The fourth-order valence-corrected chi connectivity index (χ4v) is 1.52. The molecule has 0 atom stereocenters. The average Bonchev–Trinajstić information content (AvgIpc) is 2.31. The SMILES string of the molecule is N#Cc1cccc(NN2CCOCC2)c1. The Hall–Kier alpha value is -1.57. The van der Waals surface area contributed by atoms with Gasteiger partial charge < -0.3 is 10.2 Å². The number of rotatable bonds is 2. The van der Waals surface area contributed by atoms with Crippen molar-refractivity contribution in [3.63, 3.8) is 0 Å². The van der Waals surface area contributed by atoms with Gasteiger partial charge in [-0.1, -0.05) is 6.07 Å². The lowest BCUT2D eigenvalue weighted by Gasteiger charge is -2.27. The van der Waals surface area contributed by atoms with Crippen LogP contribution in [0, 0.1) is 11.3 Å². The second-order valence-corrected chi connectivity index (χ2v) is 3.40. The molecule has 4 heteroatoms. The Morgan fingerprint density at radius 3 is 2.87 bits per heavy atom. The number of ether oxygens (including phenoxy) is 1. The minimum absolute atomic E-state index is 0.674. The Morgan fingerprint density at radius 1 is 1.33 bits per heavy atom. The second kappa shape index (κ2) is 4.78. The molecule has 1 aromatic carbocycles. The largest absolute Gasteiger partial charge is 0.379 e. The van der Waals surface area contributed by atoms with Crippen molar-refractivity contribution in [1.82, 2.24) is 5.01 Å². The summed E-state index contributed by atoms with van der Waals surface area (Å²) in [7, 11) is 0. The van der Waals surface area contributed by atoms with Crippen molar-refractivity contribution >= 4 is 5.69 Å². The molecule has 1 saturated heterocycles. The molecule has 0 saturated carbocycles. The van der Waals surface area contributed by atoms with Gasteiger partial charge in [0.15, 0.2) is 0 Å². The van der Waals surface area contributed by atoms with E-state index in [-0.39, 0.29) is 0 Å². The molecule has 78 valence electrons. The van der Waals surface area contributed by atoms with Gasteiger partial charge in [-0.15, -0.1) is 0 Å². The molecule has 0 unspecified atom stereocenters. The van der Waals surface area contributed by atoms with E-state index in [0.717, 1.165) is 32.0 Å². The van der Waals surface area contributed by atoms with E-state index < -0.39 is 0 Å².